The lowest BCUT2D eigenvalue weighted by atomic mass is 10.3. The number of methoxy groups -OCH3 is 1. The Kier molecular flexibility index (Phi) is 5.84. The standard InChI is InChI=1S/C16H18ClNO3S2/c1-4-18(15-11-12(17)5-10-16(15)21-2)23(19,20)14-8-6-13(22-3)7-9-14/h5-11H,4H2,1-3H3. The summed E-state index contributed by atoms with van der Waals surface area (Å²) in [5, 5.41) is 0.451. The van der Waals surface area contributed by atoms with Crippen LogP contribution in [0.2, 0.25) is 5.02 Å². The van der Waals surface area contributed by atoms with Gasteiger partial charge in [0.15, 0.2) is 0 Å². The number of thioether (sulfide) groups is 1. The summed E-state index contributed by atoms with van der Waals surface area (Å²) >= 11 is 7.59. The van der Waals surface area contributed by atoms with E-state index in [9.17, 15) is 8.42 Å². The van der Waals surface area contributed by atoms with E-state index in [2.05, 4.69) is 0 Å². The predicted octanol–water partition coefficient (Wildman–Crippen LogP) is 4.29. The molecule has 0 fully saturated rings. The highest BCUT2D eigenvalue weighted by atomic mass is 35.5. The fourth-order valence-corrected chi connectivity index (χ4v) is 4.25. The second-order valence-electron chi connectivity index (χ2n) is 4.66. The summed E-state index contributed by atoms with van der Waals surface area (Å²) in [6, 6.07) is 11.7. The highest BCUT2D eigenvalue weighted by Gasteiger charge is 2.26. The van der Waals surface area contributed by atoms with Gasteiger partial charge in [0.05, 0.1) is 17.7 Å². The molecule has 4 nitrogen and oxygen atoms in total. The molecule has 0 spiro atoms. The topological polar surface area (TPSA) is 46.6 Å². The Labute approximate surface area is 146 Å². The average Bonchev–Trinajstić information content (AvgIpc) is 2.55. The number of anilines is 1. The van der Waals surface area contributed by atoms with Gasteiger partial charge in [-0.25, -0.2) is 8.42 Å². The Bertz CT molecular complexity index is 776. The molecule has 7 heteroatoms. The van der Waals surface area contributed by atoms with Crippen LogP contribution >= 0.6 is 23.4 Å². The first-order valence-corrected chi connectivity index (χ1v) is 9.98. The minimum absolute atomic E-state index is 0.235. The van der Waals surface area contributed by atoms with Crippen molar-refractivity contribution in [2.75, 3.05) is 24.2 Å². The van der Waals surface area contributed by atoms with Gasteiger partial charge in [-0.2, -0.15) is 0 Å². The molecule has 0 N–H and O–H groups in total. The Balaban J connectivity index is 2.52. The summed E-state index contributed by atoms with van der Waals surface area (Å²) in [6.45, 7) is 2.04. The van der Waals surface area contributed by atoms with E-state index in [1.807, 2.05) is 6.26 Å². The average molecular weight is 372 g/mol. The molecule has 0 saturated heterocycles. The van der Waals surface area contributed by atoms with Crippen molar-refractivity contribution in [3.05, 3.63) is 47.5 Å². The van der Waals surface area contributed by atoms with Gasteiger partial charge >= 0.3 is 0 Å². The summed E-state index contributed by atoms with van der Waals surface area (Å²) in [5.41, 5.74) is 0.427. The minimum Gasteiger partial charge on any atom is -0.495 e. The number of nitrogens with zero attached hydrogens (tertiary/aromatic N) is 1. The zero-order valence-electron chi connectivity index (χ0n) is 13.1. The molecule has 0 heterocycles. The van der Waals surface area contributed by atoms with Crippen molar-refractivity contribution in [2.45, 2.75) is 16.7 Å². The molecule has 0 aliphatic rings. The van der Waals surface area contributed by atoms with Crippen LogP contribution in [0.4, 0.5) is 5.69 Å². The normalized spacial score (nSPS) is 11.3. The lowest BCUT2D eigenvalue weighted by molar-refractivity contribution is 0.415. The molecule has 0 radical (unpaired) electrons. The number of halogens is 1. The molecule has 0 saturated carbocycles. The third kappa shape index (κ3) is 3.76. The molecule has 23 heavy (non-hydrogen) atoms. The van der Waals surface area contributed by atoms with Crippen molar-refractivity contribution in [1.82, 2.24) is 0 Å². The summed E-state index contributed by atoms with van der Waals surface area (Å²) in [4.78, 5) is 1.24. The molecule has 124 valence electrons. The van der Waals surface area contributed by atoms with Crippen molar-refractivity contribution >= 4 is 39.1 Å². The zero-order chi connectivity index (χ0) is 17.0. The monoisotopic (exact) mass is 371 g/mol. The first-order chi connectivity index (χ1) is 10.9. The first-order valence-electron chi connectivity index (χ1n) is 6.94. The lowest BCUT2D eigenvalue weighted by Gasteiger charge is -2.25. The van der Waals surface area contributed by atoms with E-state index >= 15 is 0 Å². The van der Waals surface area contributed by atoms with Crippen LogP contribution in [0.25, 0.3) is 0 Å². The highest BCUT2D eigenvalue weighted by Crippen LogP contribution is 2.34. The predicted molar refractivity (Wildman–Crippen MR) is 96.4 cm³/mol. The molecule has 2 aromatic carbocycles. The number of rotatable bonds is 6. The number of hydrogen-bond donors (Lipinski definition) is 0. The van der Waals surface area contributed by atoms with Crippen LogP contribution < -0.4 is 9.04 Å². The second-order valence-corrected chi connectivity index (χ2v) is 7.84. The lowest BCUT2D eigenvalue weighted by Crippen LogP contribution is -2.31. The Morgan fingerprint density at radius 3 is 2.35 bits per heavy atom. The highest BCUT2D eigenvalue weighted by molar-refractivity contribution is 7.98. The van der Waals surface area contributed by atoms with Gasteiger partial charge in [-0.1, -0.05) is 11.6 Å². The number of sulfonamides is 1. The van der Waals surface area contributed by atoms with E-state index < -0.39 is 10.0 Å². The second kappa shape index (κ2) is 7.47. The van der Waals surface area contributed by atoms with Crippen LogP contribution in [0.15, 0.2) is 52.3 Å². The molecule has 0 atom stereocenters. The molecular formula is C16H18ClNO3S2. The van der Waals surface area contributed by atoms with Gasteiger partial charge in [0.25, 0.3) is 10.0 Å². The van der Waals surface area contributed by atoms with Gasteiger partial charge < -0.3 is 4.74 Å². The van der Waals surface area contributed by atoms with E-state index in [0.29, 0.717) is 16.5 Å². The SMILES string of the molecule is CCN(c1cc(Cl)ccc1OC)S(=O)(=O)c1ccc(SC)cc1. The molecular weight excluding hydrogens is 354 g/mol. The van der Waals surface area contributed by atoms with Crippen molar-refractivity contribution < 1.29 is 13.2 Å². The minimum atomic E-state index is -3.69. The summed E-state index contributed by atoms with van der Waals surface area (Å²) in [6.07, 6.45) is 1.94. The Morgan fingerprint density at radius 2 is 1.83 bits per heavy atom. The molecule has 0 aliphatic heterocycles. The Hall–Kier alpha value is -1.37. The molecule has 0 amide bonds. The van der Waals surface area contributed by atoms with E-state index in [1.54, 1.807) is 61.2 Å². The number of benzene rings is 2. The summed E-state index contributed by atoms with van der Waals surface area (Å²) in [7, 11) is -2.19. The quantitative estimate of drug-likeness (QED) is 0.711. The van der Waals surface area contributed by atoms with Gasteiger partial charge in [-0.3, -0.25) is 4.31 Å². The first kappa shape index (κ1) is 18.0. The maximum atomic E-state index is 13.0. The summed E-state index contributed by atoms with van der Waals surface area (Å²) in [5.74, 6) is 0.459. The van der Waals surface area contributed by atoms with Crippen molar-refractivity contribution in [3.8, 4) is 5.75 Å². The smallest absolute Gasteiger partial charge is 0.264 e. The molecule has 0 bridgehead atoms. The number of hydrogen-bond acceptors (Lipinski definition) is 4. The van der Waals surface area contributed by atoms with Crippen LogP contribution in [-0.4, -0.2) is 28.3 Å². The van der Waals surface area contributed by atoms with Crippen LogP contribution in [0, 0.1) is 0 Å². The van der Waals surface area contributed by atoms with E-state index in [-0.39, 0.29) is 11.4 Å². The zero-order valence-corrected chi connectivity index (χ0v) is 15.5. The van der Waals surface area contributed by atoms with Crippen molar-refractivity contribution in [2.24, 2.45) is 0 Å². The van der Waals surface area contributed by atoms with E-state index in [4.69, 9.17) is 16.3 Å². The fraction of sp³-hybridized carbons (Fsp3) is 0.250. The third-order valence-corrected chi connectivity index (χ3v) is 6.23. The van der Waals surface area contributed by atoms with E-state index in [0.717, 1.165) is 4.90 Å². The van der Waals surface area contributed by atoms with Crippen LogP contribution in [0.1, 0.15) is 6.92 Å². The van der Waals surface area contributed by atoms with Crippen LogP contribution in [-0.2, 0) is 10.0 Å². The van der Waals surface area contributed by atoms with Gasteiger partial charge in [0, 0.05) is 16.5 Å². The molecule has 0 aromatic heterocycles. The number of ether oxygens (including phenoxy) is 1. The third-order valence-electron chi connectivity index (χ3n) is 3.34. The summed E-state index contributed by atoms with van der Waals surface area (Å²) < 4.78 is 32.5. The van der Waals surface area contributed by atoms with Crippen molar-refractivity contribution in [3.63, 3.8) is 0 Å². The maximum absolute atomic E-state index is 13.0. The van der Waals surface area contributed by atoms with Gasteiger partial charge in [0.1, 0.15) is 5.75 Å². The Morgan fingerprint density at radius 1 is 1.17 bits per heavy atom. The molecule has 2 rings (SSSR count). The fourth-order valence-electron chi connectivity index (χ4n) is 2.20. The maximum Gasteiger partial charge on any atom is 0.264 e. The molecule has 0 aliphatic carbocycles. The molecule has 2 aromatic rings. The van der Waals surface area contributed by atoms with Crippen LogP contribution in [0.3, 0.4) is 0 Å². The van der Waals surface area contributed by atoms with Crippen molar-refractivity contribution in [1.29, 1.82) is 0 Å². The van der Waals surface area contributed by atoms with E-state index in [1.165, 1.54) is 11.4 Å². The van der Waals surface area contributed by atoms with Gasteiger partial charge in [0.2, 0.25) is 0 Å². The van der Waals surface area contributed by atoms with Crippen LogP contribution in [0.5, 0.6) is 5.75 Å². The largest absolute Gasteiger partial charge is 0.495 e. The van der Waals surface area contributed by atoms with Gasteiger partial charge in [-0.05, 0) is 55.6 Å². The van der Waals surface area contributed by atoms with Gasteiger partial charge in [-0.15, -0.1) is 11.8 Å². The molecule has 0 unspecified atom stereocenters.